The molecule has 4 rings (SSSR count). The van der Waals surface area contributed by atoms with Gasteiger partial charge in [-0.05, 0) is 48.5 Å². The van der Waals surface area contributed by atoms with Gasteiger partial charge in [-0.2, -0.15) is 0 Å². The van der Waals surface area contributed by atoms with Gasteiger partial charge in [-0.15, -0.1) is 0 Å². The maximum atomic E-state index is 14.9. The second-order valence-corrected chi connectivity index (χ2v) is 10.6. The number of halogens is 2. The van der Waals surface area contributed by atoms with Gasteiger partial charge in [-0.25, -0.2) is 4.39 Å². The third kappa shape index (κ3) is 3.61. The van der Waals surface area contributed by atoms with Gasteiger partial charge in [0.15, 0.2) is 0 Å². The molecule has 0 amide bonds. The first-order valence-electron chi connectivity index (χ1n) is 9.19. The van der Waals surface area contributed by atoms with Crippen LogP contribution < -0.4 is 15.9 Å². The molecule has 4 aromatic carbocycles. The Labute approximate surface area is 171 Å². The second kappa shape index (κ2) is 8.27. The summed E-state index contributed by atoms with van der Waals surface area (Å²) in [4.78, 5) is 0. The van der Waals surface area contributed by atoms with Crippen molar-refractivity contribution in [2.45, 2.75) is 6.16 Å². The van der Waals surface area contributed by atoms with Gasteiger partial charge in [-0.1, -0.05) is 72.3 Å². The minimum atomic E-state index is -2.10. The molecule has 0 aromatic heterocycles. The van der Waals surface area contributed by atoms with Crippen molar-refractivity contribution in [1.29, 1.82) is 0 Å². The molecule has 28 heavy (non-hydrogen) atoms. The summed E-state index contributed by atoms with van der Waals surface area (Å²) >= 11 is 6.01. The van der Waals surface area contributed by atoms with Gasteiger partial charge in [-0.3, -0.25) is 0 Å². The maximum absolute atomic E-state index is 14.9. The van der Waals surface area contributed by atoms with Gasteiger partial charge >= 0.3 is 0 Å². The Hall–Kier alpha value is -2.47. The van der Waals surface area contributed by atoms with Crippen LogP contribution in [0.3, 0.4) is 0 Å². The smallest absolute Gasteiger partial charge is 0.131 e. The van der Waals surface area contributed by atoms with Gasteiger partial charge in [0.1, 0.15) is 35.2 Å². The second-order valence-electron chi connectivity index (χ2n) is 6.71. The van der Waals surface area contributed by atoms with Gasteiger partial charge in [0.05, 0.1) is 0 Å². The average molecular weight is 406 g/mol. The predicted octanol–water partition coefficient (Wildman–Crippen LogP) is 5.97. The quantitative estimate of drug-likeness (QED) is 0.359. The fourth-order valence-electron chi connectivity index (χ4n) is 3.67. The van der Waals surface area contributed by atoms with Crippen molar-refractivity contribution in [3.63, 3.8) is 0 Å². The number of rotatable bonds is 5. The van der Waals surface area contributed by atoms with E-state index in [4.69, 9.17) is 11.6 Å². The van der Waals surface area contributed by atoms with E-state index in [9.17, 15) is 4.39 Å². The number of hydrogen-bond donors (Lipinski definition) is 0. The van der Waals surface area contributed by atoms with Crippen molar-refractivity contribution in [2.75, 3.05) is 0 Å². The first-order chi connectivity index (χ1) is 13.7. The molecule has 0 spiro atoms. The zero-order valence-electron chi connectivity index (χ0n) is 15.3. The van der Waals surface area contributed by atoms with Gasteiger partial charge in [0.25, 0.3) is 0 Å². The lowest BCUT2D eigenvalue weighted by Crippen LogP contribution is -2.32. The fourth-order valence-corrected chi connectivity index (χ4v) is 8.09. The minimum absolute atomic E-state index is 0.250. The molecule has 138 valence electrons. The average Bonchev–Trinajstić information content (AvgIpc) is 2.75. The van der Waals surface area contributed by atoms with Crippen LogP contribution in [0.15, 0.2) is 109 Å². The molecule has 0 nitrogen and oxygen atoms in total. The molecule has 0 aliphatic carbocycles. The van der Waals surface area contributed by atoms with Crippen LogP contribution in [0.2, 0.25) is 5.02 Å². The van der Waals surface area contributed by atoms with E-state index in [1.807, 2.05) is 24.3 Å². The van der Waals surface area contributed by atoms with Gasteiger partial charge in [0, 0.05) is 10.6 Å². The van der Waals surface area contributed by atoms with Crippen molar-refractivity contribution in [2.24, 2.45) is 0 Å². The fraction of sp³-hybridized carbons (Fsp3) is 0.0400. The molecule has 0 saturated carbocycles. The lowest BCUT2D eigenvalue weighted by atomic mass is 10.2. The van der Waals surface area contributed by atoms with Crippen LogP contribution in [-0.4, -0.2) is 0 Å². The summed E-state index contributed by atoms with van der Waals surface area (Å²) in [5.41, 5.74) is 0.689. The molecule has 0 unspecified atom stereocenters. The highest BCUT2D eigenvalue weighted by Crippen LogP contribution is 2.58. The Bertz CT molecular complexity index is 953. The first-order valence-corrected chi connectivity index (χ1v) is 11.5. The van der Waals surface area contributed by atoms with Crippen LogP contribution in [0, 0.1) is 5.82 Å². The Morgan fingerprint density at radius 1 is 0.607 bits per heavy atom. The van der Waals surface area contributed by atoms with Gasteiger partial charge in [0.2, 0.25) is 0 Å². The predicted molar refractivity (Wildman–Crippen MR) is 120 cm³/mol. The number of hydrogen-bond acceptors (Lipinski definition) is 0. The minimum Gasteiger partial charge on any atom is -0.206 e. The lowest BCUT2D eigenvalue weighted by molar-refractivity contribution is 0.617. The SMILES string of the molecule is Fc1cc(Cl)ccc1C[P+](c1ccccc1)(c1ccccc1)c1ccccc1. The summed E-state index contributed by atoms with van der Waals surface area (Å²) in [6, 6.07) is 36.5. The van der Waals surface area contributed by atoms with E-state index in [-0.39, 0.29) is 5.82 Å². The normalized spacial score (nSPS) is 11.4. The highest BCUT2D eigenvalue weighted by molar-refractivity contribution is 7.95. The van der Waals surface area contributed by atoms with E-state index in [0.29, 0.717) is 16.7 Å². The van der Waals surface area contributed by atoms with Crippen LogP contribution in [0.5, 0.6) is 0 Å². The Kier molecular flexibility index (Phi) is 5.57. The Morgan fingerprint density at radius 2 is 1.04 bits per heavy atom. The molecule has 0 radical (unpaired) electrons. The summed E-state index contributed by atoms with van der Waals surface area (Å²) in [7, 11) is -2.10. The summed E-state index contributed by atoms with van der Waals surface area (Å²) < 4.78 is 14.9. The number of benzene rings is 4. The molecular weight excluding hydrogens is 386 g/mol. The Morgan fingerprint density at radius 3 is 1.43 bits per heavy atom. The van der Waals surface area contributed by atoms with Crippen LogP contribution in [0.4, 0.5) is 4.39 Å². The van der Waals surface area contributed by atoms with Crippen molar-refractivity contribution < 1.29 is 4.39 Å². The largest absolute Gasteiger partial charge is 0.206 e. The van der Waals surface area contributed by atoms with E-state index in [1.54, 1.807) is 6.07 Å². The molecule has 0 atom stereocenters. The van der Waals surface area contributed by atoms with Crippen LogP contribution >= 0.6 is 18.9 Å². The van der Waals surface area contributed by atoms with E-state index >= 15 is 0 Å². The molecule has 0 bridgehead atoms. The highest BCUT2D eigenvalue weighted by atomic mass is 35.5. The molecular formula is C25H20ClFP+. The molecule has 0 aliphatic heterocycles. The zero-order chi connectivity index (χ0) is 19.4. The molecule has 0 saturated heterocycles. The monoisotopic (exact) mass is 405 g/mol. The topological polar surface area (TPSA) is 0 Å². The Balaban J connectivity index is 2.01. The highest BCUT2D eigenvalue weighted by Gasteiger charge is 2.45. The van der Waals surface area contributed by atoms with Gasteiger partial charge < -0.3 is 0 Å². The molecule has 0 fully saturated rings. The molecule has 3 heteroatoms. The van der Waals surface area contributed by atoms with E-state index in [0.717, 1.165) is 0 Å². The van der Waals surface area contributed by atoms with Crippen molar-refractivity contribution in [1.82, 2.24) is 0 Å². The summed E-state index contributed by atoms with van der Waals surface area (Å²) in [5.74, 6) is -0.250. The summed E-state index contributed by atoms with van der Waals surface area (Å²) in [6.07, 6.45) is 0.605. The standard InChI is InChI=1S/C25H20ClFP/c26-21-17-16-20(25(27)18-21)19-28(22-10-4-1-5-11-22,23-12-6-2-7-13-23)24-14-8-3-9-15-24/h1-18H,19H2/q+1. The summed E-state index contributed by atoms with van der Waals surface area (Å²) in [5, 5.41) is 4.13. The van der Waals surface area contributed by atoms with E-state index < -0.39 is 7.26 Å². The van der Waals surface area contributed by atoms with Crippen molar-refractivity contribution >= 4 is 34.8 Å². The zero-order valence-corrected chi connectivity index (χ0v) is 17.0. The van der Waals surface area contributed by atoms with E-state index in [2.05, 4.69) is 72.8 Å². The van der Waals surface area contributed by atoms with Crippen LogP contribution in [-0.2, 0) is 6.16 Å². The van der Waals surface area contributed by atoms with Crippen molar-refractivity contribution in [3.8, 4) is 0 Å². The van der Waals surface area contributed by atoms with Crippen LogP contribution in [0.25, 0.3) is 0 Å². The van der Waals surface area contributed by atoms with Crippen molar-refractivity contribution in [3.05, 3.63) is 126 Å². The first kappa shape index (κ1) is 18.9. The van der Waals surface area contributed by atoms with E-state index in [1.165, 1.54) is 22.0 Å². The molecule has 0 aliphatic rings. The molecule has 0 N–H and O–H groups in total. The maximum Gasteiger partial charge on any atom is 0.131 e. The lowest BCUT2D eigenvalue weighted by Gasteiger charge is -2.28. The third-order valence-electron chi connectivity index (χ3n) is 5.01. The van der Waals surface area contributed by atoms with Crippen LogP contribution in [0.1, 0.15) is 5.56 Å². The molecule has 4 aromatic rings. The third-order valence-corrected chi connectivity index (χ3v) is 9.60. The summed E-state index contributed by atoms with van der Waals surface area (Å²) in [6.45, 7) is 0. The molecule has 0 heterocycles.